The van der Waals surface area contributed by atoms with Crippen molar-refractivity contribution in [2.24, 2.45) is 0 Å². The highest BCUT2D eigenvalue weighted by Crippen LogP contribution is 2.27. The molecule has 1 aliphatic heterocycles. The van der Waals surface area contributed by atoms with Crippen molar-refractivity contribution >= 4 is 0 Å². The number of likely N-dealkylation sites (tertiary alicyclic amines) is 1. The fourth-order valence-electron chi connectivity index (χ4n) is 3.13. The van der Waals surface area contributed by atoms with Crippen LogP contribution in [0.1, 0.15) is 57.1 Å². The van der Waals surface area contributed by atoms with E-state index in [-0.39, 0.29) is 0 Å². The van der Waals surface area contributed by atoms with Gasteiger partial charge in [-0.05, 0) is 49.4 Å². The minimum Gasteiger partial charge on any atom is -0.389 e. The van der Waals surface area contributed by atoms with E-state index in [0.29, 0.717) is 5.92 Å². The van der Waals surface area contributed by atoms with Crippen LogP contribution in [0.5, 0.6) is 0 Å². The Hall–Kier alpha value is -0.860. The Bertz CT molecular complexity index is 412. The minimum atomic E-state index is -0.511. The Kier molecular flexibility index (Phi) is 5.22. The van der Waals surface area contributed by atoms with E-state index < -0.39 is 5.60 Å². The number of rotatable bonds is 4. The van der Waals surface area contributed by atoms with Gasteiger partial charge in [0.15, 0.2) is 0 Å². The zero-order valence-corrected chi connectivity index (χ0v) is 13.2. The molecule has 1 N–H and O–H groups in total. The van der Waals surface area contributed by atoms with Gasteiger partial charge in [-0.2, -0.15) is 0 Å². The summed E-state index contributed by atoms with van der Waals surface area (Å²) in [6, 6.07) is 8.79. The van der Waals surface area contributed by atoms with E-state index in [2.05, 4.69) is 49.9 Å². The Morgan fingerprint density at radius 3 is 2.45 bits per heavy atom. The number of aliphatic hydroxyl groups is 1. The highest BCUT2D eigenvalue weighted by atomic mass is 16.3. The molecule has 0 aromatic heterocycles. The molecule has 1 fully saturated rings. The number of nitrogens with zero attached hydrogens (tertiary/aromatic N) is 1. The largest absolute Gasteiger partial charge is 0.389 e. The van der Waals surface area contributed by atoms with Gasteiger partial charge in [0.1, 0.15) is 0 Å². The second-order valence-corrected chi connectivity index (χ2v) is 6.59. The molecule has 2 heteroatoms. The lowest BCUT2D eigenvalue weighted by Crippen LogP contribution is -2.33. The van der Waals surface area contributed by atoms with Gasteiger partial charge in [0, 0.05) is 13.0 Å². The third kappa shape index (κ3) is 4.07. The smallest absolute Gasteiger partial charge is 0.0700 e. The molecule has 0 bridgehead atoms. The van der Waals surface area contributed by atoms with E-state index in [1.165, 1.54) is 11.1 Å². The Morgan fingerprint density at radius 1 is 1.15 bits per heavy atom. The maximum Gasteiger partial charge on any atom is 0.0700 e. The average Bonchev–Trinajstić information content (AvgIpc) is 2.61. The normalized spacial score (nSPS) is 24.9. The molecule has 2 nitrogen and oxygen atoms in total. The minimum absolute atomic E-state index is 0.511. The van der Waals surface area contributed by atoms with Gasteiger partial charge in [0.25, 0.3) is 0 Å². The van der Waals surface area contributed by atoms with Gasteiger partial charge in [-0.1, -0.05) is 45.0 Å². The van der Waals surface area contributed by atoms with Crippen LogP contribution in [-0.2, 0) is 6.42 Å². The zero-order valence-electron chi connectivity index (χ0n) is 13.2. The molecular weight excluding hydrogens is 246 g/mol. The molecule has 1 atom stereocenters. The molecule has 0 aliphatic carbocycles. The first-order chi connectivity index (χ1) is 9.52. The first-order valence-electron chi connectivity index (χ1n) is 8.06. The summed E-state index contributed by atoms with van der Waals surface area (Å²) in [7, 11) is 0. The lowest BCUT2D eigenvalue weighted by atomic mass is 9.87. The van der Waals surface area contributed by atoms with Crippen LogP contribution in [0.25, 0.3) is 0 Å². The molecule has 1 unspecified atom stereocenters. The zero-order chi connectivity index (χ0) is 14.6. The average molecular weight is 275 g/mol. The Labute approximate surface area is 123 Å². The van der Waals surface area contributed by atoms with Crippen LogP contribution >= 0.6 is 0 Å². The van der Waals surface area contributed by atoms with Gasteiger partial charge in [0.05, 0.1) is 5.60 Å². The van der Waals surface area contributed by atoms with Crippen LogP contribution in [0.4, 0.5) is 0 Å². The van der Waals surface area contributed by atoms with Crippen LogP contribution in [0, 0.1) is 0 Å². The summed E-state index contributed by atoms with van der Waals surface area (Å²) in [5, 5.41) is 10.9. The summed E-state index contributed by atoms with van der Waals surface area (Å²) in [6.07, 6.45) is 3.72. The molecule has 1 aromatic carbocycles. The van der Waals surface area contributed by atoms with Crippen LogP contribution < -0.4 is 0 Å². The van der Waals surface area contributed by atoms with Gasteiger partial charge >= 0.3 is 0 Å². The molecule has 0 saturated carbocycles. The number of hydrogen-bond donors (Lipinski definition) is 1. The van der Waals surface area contributed by atoms with Crippen LogP contribution in [0.2, 0.25) is 0 Å². The highest BCUT2D eigenvalue weighted by molar-refractivity contribution is 5.25. The molecule has 1 heterocycles. The Morgan fingerprint density at radius 2 is 1.85 bits per heavy atom. The van der Waals surface area contributed by atoms with Gasteiger partial charge in [-0.3, -0.25) is 0 Å². The third-order valence-corrected chi connectivity index (χ3v) is 4.64. The van der Waals surface area contributed by atoms with Gasteiger partial charge in [-0.15, -0.1) is 0 Å². The van der Waals surface area contributed by atoms with E-state index in [0.717, 1.165) is 45.3 Å². The van der Waals surface area contributed by atoms with Crippen molar-refractivity contribution < 1.29 is 5.11 Å². The highest BCUT2D eigenvalue weighted by Gasteiger charge is 2.29. The molecule has 1 aliphatic rings. The third-order valence-electron chi connectivity index (χ3n) is 4.64. The summed E-state index contributed by atoms with van der Waals surface area (Å²) in [5.74, 6) is 0.572. The van der Waals surface area contributed by atoms with Crippen molar-refractivity contribution in [3.05, 3.63) is 35.4 Å². The molecule has 0 spiro atoms. The topological polar surface area (TPSA) is 23.5 Å². The fourth-order valence-corrected chi connectivity index (χ4v) is 3.13. The molecule has 112 valence electrons. The monoisotopic (exact) mass is 275 g/mol. The summed E-state index contributed by atoms with van der Waals surface area (Å²) < 4.78 is 0. The SMILES string of the molecule is CCN1CCCC(O)(Cc2ccc(C(C)C)cc2)CC1. The predicted molar refractivity (Wildman–Crippen MR) is 85.1 cm³/mol. The van der Waals surface area contributed by atoms with Crippen LogP contribution in [0.3, 0.4) is 0 Å². The first kappa shape index (κ1) is 15.5. The van der Waals surface area contributed by atoms with E-state index in [4.69, 9.17) is 0 Å². The van der Waals surface area contributed by atoms with Gasteiger partial charge < -0.3 is 10.0 Å². The quantitative estimate of drug-likeness (QED) is 0.907. The summed E-state index contributed by atoms with van der Waals surface area (Å²) in [4.78, 5) is 2.44. The lowest BCUT2D eigenvalue weighted by Gasteiger charge is -2.27. The van der Waals surface area contributed by atoms with E-state index >= 15 is 0 Å². The second-order valence-electron chi connectivity index (χ2n) is 6.59. The van der Waals surface area contributed by atoms with Crippen molar-refractivity contribution in [2.45, 2.75) is 58.0 Å². The molecular formula is C18H29NO. The second kappa shape index (κ2) is 6.73. The van der Waals surface area contributed by atoms with Crippen molar-refractivity contribution in [3.63, 3.8) is 0 Å². The van der Waals surface area contributed by atoms with Crippen LogP contribution in [0.15, 0.2) is 24.3 Å². The van der Waals surface area contributed by atoms with E-state index in [9.17, 15) is 5.11 Å². The first-order valence-corrected chi connectivity index (χ1v) is 8.06. The van der Waals surface area contributed by atoms with Crippen LogP contribution in [-0.4, -0.2) is 35.2 Å². The maximum absolute atomic E-state index is 10.9. The predicted octanol–water partition coefficient (Wildman–Crippen LogP) is 3.59. The van der Waals surface area contributed by atoms with Gasteiger partial charge in [0.2, 0.25) is 0 Å². The van der Waals surface area contributed by atoms with Gasteiger partial charge in [-0.25, -0.2) is 0 Å². The molecule has 1 saturated heterocycles. The summed E-state index contributed by atoms with van der Waals surface area (Å²) in [6.45, 7) is 9.89. The molecule has 0 radical (unpaired) electrons. The summed E-state index contributed by atoms with van der Waals surface area (Å²) in [5.41, 5.74) is 2.13. The molecule has 20 heavy (non-hydrogen) atoms. The number of benzene rings is 1. The Balaban J connectivity index is 2.00. The van der Waals surface area contributed by atoms with Crippen molar-refractivity contribution in [3.8, 4) is 0 Å². The standard InChI is InChI=1S/C18H29NO/c1-4-19-12-5-10-18(20,11-13-19)14-16-6-8-17(9-7-16)15(2)3/h6-9,15,20H,4-5,10-14H2,1-3H3. The molecule has 1 aromatic rings. The number of hydrogen-bond acceptors (Lipinski definition) is 2. The fraction of sp³-hybridized carbons (Fsp3) is 0.667. The maximum atomic E-state index is 10.9. The molecule has 2 rings (SSSR count). The van der Waals surface area contributed by atoms with E-state index in [1.807, 2.05) is 0 Å². The van der Waals surface area contributed by atoms with Crippen molar-refractivity contribution in [2.75, 3.05) is 19.6 Å². The van der Waals surface area contributed by atoms with Crippen molar-refractivity contribution in [1.82, 2.24) is 4.90 Å². The lowest BCUT2D eigenvalue weighted by molar-refractivity contribution is 0.0258. The molecule has 0 amide bonds. The summed E-state index contributed by atoms with van der Waals surface area (Å²) >= 11 is 0. The van der Waals surface area contributed by atoms with Crippen molar-refractivity contribution in [1.29, 1.82) is 0 Å². The van der Waals surface area contributed by atoms with E-state index in [1.54, 1.807) is 0 Å².